The fourth-order valence-electron chi connectivity index (χ4n) is 1.51. The first-order valence-electron chi connectivity index (χ1n) is 6.13. The molecule has 2 aromatic rings. The highest BCUT2D eigenvalue weighted by Gasteiger charge is 2.08. The number of halogens is 2. The van der Waals surface area contributed by atoms with Crippen molar-refractivity contribution in [3.05, 3.63) is 52.3 Å². The number of amides is 1. The predicted molar refractivity (Wildman–Crippen MR) is 87.4 cm³/mol. The van der Waals surface area contributed by atoms with Crippen molar-refractivity contribution in [1.29, 1.82) is 0 Å². The first-order chi connectivity index (χ1) is 10.5. The Balaban J connectivity index is 1.77. The number of carbonyl (C=O) groups is 1. The molecule has 0 aliphatic carbocycles. The molecule has 2 rings (SSSR count). The third-order valence-corrected chi connectivity index (χ3v) is 4.03. The first kappa shape index (κ1) is 16.7. The van der Waals surface area contributed by atoms with Gasteiger partial charge >= 0.3 is 0 Å². The third kappa shape index (κ3) is 5.59. The molecule has 1 heterocycles. The molecule has 0 saturated heterocycles. The van der Waals surface area contributed by atoms with Gasteiger partial charge in [-0.1, -0.05) is 35.3 Å². The topological polar surface area (TPSA) is 76.3 Å². The van der Waals surface area contributed by atoms with E-state index in [9.17, 15) is 9.00 Å². The van der Waals surface area contributed by atoms with Crippen LogP contribution in [-0.2, 0) is 21.5 Å². The second kappa shape index (κ2) is 8.07. The molecular weight excluding hydrogens is 347 g/mol. The molecule has 0 radical (unpaired) electrons. The van der Waals surface area contributed by atoms with Crippen LogP contribution in [0.15, 0.2) is 41.8 Å². The molecule has 0 bridgehead atoms. The summed E-state index contributed by atoms with van der Waals surface area (Å²) in [5.41, 5.74) is 3.11. The number of benzene rings is 1. The lowest BCUT2D eigenvalue weighted by atomic mass is 10.2. The van der Waals surface area contributed by atoms with Crippen LogP contribution in [0.3, 0.4) is 0 Å². The van der Waals surface area contributed by atoms with Crippen LogP contribution >= 0.6 is 23.2 Å². The van der Waals surface area contributed by atoms with E-state index < -0.39 is 16.7 Å². The summed E-state index contributed by atoms with van der Waals surface area (Å²) in [6.07, 6.45) is 4.45. The van der Waals surface area contributed by atoms with Gasteiger partial charge in [-0.15, -0.1) is 0 Å². The van der Waals surface area contributed by atoms with Crippen LogP contribution in [0.25, 0.3) is 0 Å². The van der Waals surface area contributed by atoms with E-state index in [1.165, 1.54) is 23.3 Å². The van der Waals surface area contributed by atoms with Crippen molar-refractivity contribution < 1.29 is 9.00 Å². The zero-order valence-corrected chi connectivity index (χ0v) is 13.6. The summed E-state index contributed by atoms with van der Waals surface area (Å²) in [6.45, 7) is 0. The molecule has 116 valence electrons. The maximum atomic E-state index is 11.8. The maximum absolute atomic E-state index is 11.8. The number of hydrogen-bond donors (Lipinski definition) is 1. The van der Waals surface area contributed by atoms with Gasteiger partial charge in [0.2, 0.25) is 0 Å². The van der Waals surface area contributed by atoms with Crippen molar-refractivity contribution in [1.82, 2.24) is 15.2 Å². The highest BCUT2D eigenvalue weighted by molar-refractivity contribution is 7.84. The van der Waals surface area contributed by atoms with Crippen LogP contribution in [0.2, 0.25) is 10.0 Å². The van der Waals surface area contributed by atoms with Gasteiger partial charge in [-0.05, 0) is 17.7 Å². The molecule has 0 saturated carbocycles. The normalized spacial score (nSPS) is 12.5. The number of nitrogens with one attached hydrogen (secondary N) is 1. The van der Waals surface area contributed by atoms with Crippen molar-refractivity contribution in [2.24, 2.45) is 5.10 Å². The van der Waals surface area contributed by atoms with E-state index in [-0.39, 0.29) is 11.6 Å². The van der Waals surface area contributed by atoms with Gasteiger partial charge in [0.1, 0.15) is 11.6 Å². The minimum atomic E-state index is -1.40. The minimum Gasteiger partial charge on any atom is -0.272 e. The summed E-state index contributed by atoms with van der Waals surface area (Å²) >= 11 is 11.5. The molecular formula is C13H12Cl2N4O2S. The van der Waals surface area contributed by atoms with E-state index in [1.54, 1.807) is 24.3 Å². The smallest absolute Gasteiger partial charge is 0.252 e. The summed E-state index contributed by atoms with van der Waals surface area (Å²) in [7, 11) is -1.40. The Kier molecular flexibility index (Phi) is 6.11. The summed E-state index contributed by atoms with van der Waals surface area (Å²) in [6, 6.07) is 6.96. The Morgan fingerprint density at radius 1 is 1.32 bits per heavy atom. The van der Waals surface area contributed by atoms with Crippen molar-refractivity contribution in [3.63, 3.8) is 0 Å². The molecule has 0 aliphatic rings. The quantitative estimate of drug-likeness (QED) is 0.634. The highest BCUT2D eigenvalue weighted by atomic mass is 35.5. The number of rotatable bonds is 6. The average molecular weight is 359 g/mol. The zero-order valence-electron chi connectivity index (χ0n) is 11.3. The Bertz CT molecular complexity index is 700. The Morgan fingerprint density at radius 3 is 2.68 bits per heavy atom. The molecule has 1 amide bonds. The average Bonchev–Trinajstić information content (AvgIpc) is 2.86. The zero-order chi connectivity index (χ0) is 15.9. The van der Waals surface area contributed by atoms with E-state index in [0.717, 1.165) is 5.56 Å². The molecule has 1 aromatic heterocycles. The van der Waals surface area contributed by atoms with Crippen LogP contribution in [0.5, 0.6) is 0 Å². The Hall–Kier alpha value is -1.70. The van der Waals surface area contributed by atoms with E-state index in [4.69, 9.17) is 23.2 Å². The predicted octanol–water partition coefficient (Wildman–Crippen LogP) is 2.05. The van der Waals surface area contributed by atoms with Crippen molar-refractivity contribution in [2.75, 3.05) is 5.75 Å². The van der Waals surface area contributed by atoms with Gasteiger partial charge in [0.25, 0.3) is 5.91 Å². The van der Waals surface area contributed by atoms with E-state index >= 15 is 0 Å². The van der Waals surface area contributed by atoms with E-state index in [1.807, 2.05) is 0 Å². The number of aromatic nitrogens is 2. The molecule has 0 spiro atoms. The summed E-state index contributed by atoms with van der Waals surface area (Å²) in [5.74, 6) is -0.516. The van der Waals surface area contributed by atoms with Gasteiger partial charge < -0.3 is 0 Å². The standard InChI is InChI=1S/C13H12Cl2N4O2S/c14-11-3-1-10(2-4-11)5-16-18-13(20)8-22(21)9-19-7-12(15)6-17-19/h1-7H,8-9H2,(H,18,20)/b16-5-/t22-/m1/s1. The van der Waals surface area contributed by atoms with Gasteiger partial charge in [0, 0.05) is 11.2 Å². The lowest BCUT2D eigenvalue weighted by molar-refractivity contribution is -0.118. The van der Waals surface area contributed by atoms with Gasteiger partial charge in [-0.25, -0.2) is 5.43 Å². The molecule has 1 N–H and O–H groups in total. The van der Waals surface area contributed by atoms with Crippen LogP contribution in [0, 0.1) is 0 Å². The number of hydrazone groups is 1. The lowest BCUT2D eigenvalue weighted by Crippen LogP contribution is -2.25. The third-order valence-electron chi connectivity index (χ3n) is 2.44. The van der Waals surface area contributed by atoms with Crippen LogP contribution in [-0.4, -0.2) is 31.9 Å². The lowest BCUT2D eigenvalue weighted by Gasteiger charge is -2.01. The Morgan fingerprint density at radius 2 is 2.05 bits per heavy atom. The maximum Gasteiger partial charge on any atom is 0.252 e. The molecule has 0 unspecified atom stereocenters. The summed E-state index contributed by atoms with van der Waals surface area (Å²) in [5, 5.41) is 8.75. The number of carbonyl (C=O) groups excluding carboxylic acids is 1. The van der Waals surface area contributed by atoms with Crippen LogP contribution in [0.1, 0.15) is 5.56 Å². The second-order valence-corrected chi connectivity index (χ2v) is 6.56. The van der Waals surface area contributed by atoms with Crippen LogP contribution in [0.4, 0.5) is 0 Å². The largest absolute Gasteiger partial charge is 0.272 e. The van der Waals surface area contributed by atoms with Gasteiger partial charge in [-0.2, -0.15) is 10.2 Å². The SMILES string of the molecule is O=C(C[S@@](=O)Cn1cc(Cl)cn1)N/N=C\c1ccc(Cl)cc1. The molecule has 6 nitrogen and oxygen atoms in total. The molecule has 9 heteroatoms. The summed E-state index contributed by atoms with van der Waals surface area (Å²) < 4.78 is 13.2. The first-order valence-corrected chi connectivity index (χ1v) is 8.38. The van der Waals surface area contributed by atoms with Crippen molar-refractivity contribution in [2.45, 2.75) is 5.88 Å². The van der Waals surface area contributed by atoms with Gasteiger partial charge in [0.15, 0.2) is 0 Å². The van der Waals surface area contributed by atoms with Gasteiger partial charge in [-0.3, -0.25) is 13.7 Å². The molecule has 22 heavy (non-hydrogen) atoms. The van der Waals surface area contributed by atoms with Crippen molar-refractivity contribution in [3.8, 4) is 0 Å². The second-order valence-electron chi connectivity index (χ2n) is 4.26. The van der Waals surface area contributed by atoms with Crippen molar-refractivity contribution >= 4 is 46.1 Å². The van der Waals surface area contributed by atoms with E-state index in [0.29, 0.717) is 10.0 Å². The number of nitrogens with zero attached hydrogens (tertiary/aromatic N) is 3. The molecule has 1 aromatic carbocycles. The molecule has 1 atom stereocenters. The van der Waals surface area contributed by atoms with Crippen LogP contribution < -0.4 is 5.43 Å². The minimum absolute atomic E-state index is 0.0983. The van der Waals surface area contributed by atoms with E-state index in [2.05, 4.69) is 15.6 Å². The Labute approximate surface area is 139 Å². The molecule has 0 fully saturated rings. The monoisotopic (exact) mass is 358 g/mol. The highest BCUT2D eigenvalue weighted by Crippen LogP contribution is 2.07. The fraction of sp³-hybridized carbons (Fsp3) is 0.154. The fourth-order valence-corrected chi connectivity index (χ4v) is 2.68. The molecule has 0 aliphatic heterocycles. The van der Waals surface area contributed by atoms with Gasteiger partial charge in [0.05, 0.1) is 28.2 Å². The summed E-state index contributed by atoms with van der Waals surface area (Å²) in [4.78, 5) is 11.6. The number of hydrogen-bond acceptors (Lipinski definition) is 4.